The fourth-order valence-electron chi connectivity index (χ4n) is 3.76. The van der Waals surface area contributed by atoms with Crippen LogP contribution < -0.4 is 5.32 Å². The van der Waals surface area contributed by atoms with Crippen LogP contribution in [0.3, 0.4) is 0 Å². The minimum atomic E-state index is -0.0413. The molecule has 0 aromatic carbocycles. The Morgan fingerprint density at radius 1 is 1.46 bits per heavy atom. The molecule has 1 aliphatic carbocycles. The van der Waals surface area contributed by atoms with E-state index in [1.54, 1.807) is 19.1 Å². The first-order chi connectivity index (χ1) is 12.7. The van der Waals surface area contributed by atoms with E-state index in [0.29, 0.717) is 19.2 Å². The lowest BCUT2D eigenvalue weighted by Gasteiger charge is -2.21. The largest absolute Gasteiger partial charge is 0.383 e. The summed E-state index contributed by atoms with van der Waals surface area (Å²) in [4.78, 5) is 26.0. The van der Waals surface area contributed by atoms with E-state index >= 15 is 0 Å². The lowest BCUT2D eigenvalue weighted by molar-refractivity contribution is 0.158. The summed E-state index contributed by atoms with van der Waals surface area (Å²) in [5.41, 5.74) is 2.90. The van der Waals surface area contributed by atoms with Crippen LogP contribution in [-0.4, -0.2) is 63.8 Å². The van der Waals surface area contributed by atoms with Crippen molar-refractivity contribution in [3.05, 3.63) is 24.8 Å². The Kier molecular flexibility index (Phi) is 4.50. The molecule has 1 fully saturated rings. The molecule has 2 amide bonds. The first-order valence-electron chi connectivity index (χ1n) is 8.96. The molecule has 0 bridgehead atoms. The number of amides is 2. The predicted molar refractivity (Wildman–Crippen MR) is 99.1 cm³/mol. The Labute approximate surface area is 151 Å². The summed E-state index contributed by atoms with van der Waals surface area (Å²) in [5.74, 6) is 0. The molecular formula is C18H24N6O2. The van der Waals surface area contributed by atoms with Crippen LogP contribution in [0.2, 0.25) is 0 Å². The maximum Gasteiger partial charge on any atom is 0.317 e. The number of methoxy groups -OCH3 is 1. The Morgan fingerprint density at radius 3 is 3.19 bits per heavy atom. The third-order valence-corrected chi connectivity index (χ3v) is 5.22. The molecular weight excluding hydrogens is 332 g/mol. The van der Waals surface area contributed by atoms with E-state index in [-0.39, 0.29) is 12.1 Å². The number of carbonyl (C=O) groups excluding carboxylic acids is 1. The van der Waals surface area contributed by atoms with Crippen molar-refractivity contribution >= 4 is 28.1 Å². The van der Waals surface area contributed by atoms with E-state index in [0.717, 1.165) is 41.3 Å². The van der Waals surface area contributed by atoms with Gasteiger partial charge in [-0.25, -0.2) is 14.8 Å². The maximum absolute atomic E-state index is 12.3. The number of pyridine rings is 1. The Balaban J connectivity index is 1.48. The normalized spacial score (nSPS) is 20.1. The zero-order chi connectivity index (χ0) is 18.1. The second kappa shape index (κ2) is 6.95. The minimum absolute atomic E-state index is 0.0413. The molecule has 3 heterocycles. The van der Waals surface area contributed by atoms with Gasteiger partial charge < -0.3 is 24.5 Å². The number of fused-ring (bicyclic) bond motifs is 3. The molecule has 3 aromatic rings. The van der Waals surface area contributed by atoms with Gasteiger partial charge in [-0.3, -0.25) is 0 Å². The first kappa shape index (κ1) is 16.8. The number of carbonyl (C=O) groups is 1. The van der Waals surface area contributed by atoms with Crippen molar-refractivity contribution in [2.45, 2.75) is 31.3 Å². The molecule has 0 spiro atoms. The molecule has 1 aliphatic rings. The van der Waals surface area contributed by atoms with Crippen molar-refractivity contribution in [1.29, 1.82) is 0 Å². The maximum atomic E-state index is 12.3. The van der Waals surface area contributed by atoms with Crippen molar-refractivity contribution in [1.82, 2.24) is 29.7 Å². The Bertz CT molecular complexity index is 917. The Morgan fingerprint density at radius 2 is 2.35 bits per heavy atom. The molecule has 0 saturated heterocycles. The lowest BCUT2D eigenvalue weighted by Crippen LogP contribution is -2.43. The van der Waals surface area contributed by atoms with Gasteiger partial charge in [0, 0.05) is 44.4 Å². The second-order valence-electron chi connectivity index (χ2n) is 6.91. The molecule has 0 radical (unpaired) electrons. The molecule has 26 heavy (non-hydrogen) atoms. The van der Waals surface area contributed by atoms with E-state index in [2.05, 4.69) is 24.8 Å². The summed E-state index contributed by atoms with van der Waals surface area (Å²) in [6.07, 6.45) is 8.51. The van der Waals surface area contributed by atoms with Gasteiger partial charge in [-0.15, -0.1) is 0 Å². The van der Waals surface area contributed by atoms with Crippen LogP contribution in [0.15, 0.2) is 24.8 Å². The second-order valence-corrected chi connectivity index (χ2v) is 6.91. The topological polar surface area (TPSA) is 88.1 Å². The van der Waals surface area contributed by atoms with E-state index in [1.807, 2.05) is 24.8 Å². The molecule has 8 heteroatoms. The fraction of sp³-hybridized carbons (Fsp3) is 0.500. The number of ether oxygens (including phenoxy) is 1. The van der Waals surface area contributed by atoms with Crippen molar-refractivity contribution in [3.63, 3.8) is 0 Å². The van der Waals surface area contributed by atoms with Crippen LogP contribution in [0.1, 0.15) is 25.3 Å². The molecule has 2 N–H and O–H groups in total. The number of nitrogens with zero attached hydrogens (tertiary/aromatic N) is 4. The monoisotopic (exact) mass is 356 g/mol. The quantitative estimate of drug-likeness (QED) is 0.734. The fourth-order valence-corrected chi connectivity index (χ4v) is 3.76. The highest BCUT2D eigenvalue weighted by molar-refractivity contribution is 6.00. The van der Waals surface area contributed by atoms with Gasteiger partial charge in [0.05, 0.1) is 24.6 Å². The number of nitrogens with one attached hydrogen (secondary N) is 2. The van der Waals surface area contributed by atoms with Crippen LogP contribution in [-0.2, 0) is 4.74 Å². The first-order valence-corrected chi connectivity index (χ1v) is 8.96. The van der Waals surface area contributed by atoms with Crippen LogP contribution in [0.5, 0.6) is 0 Å². The highest BCUT2D eigenvalue weighted by Crippen LogP contribution is 2.34. The van der Waals surface area contributed by atoms with Crippen LogP contribution in [0.25, 0.3) is 22.1 Å². The summed E-state index contributed by atoms with van der Waals surface area (Å²) >= 11 is 0. The smallest absolute Gasteiger partial charge is 0.317 e. The number of H-pyrrole nitrogens is 1. The number of aromatic amines is 1. The van der Waals surface area contributed by atoms with Crippen LogP contribution >= 0.6 is 0 Å². The standard InChI is InChI=1S/C18H24N6O2/c1-23(7-8-26-2)18(25)22-12-3-4-13(9-12)24-11-21-15-10-20-17-14(16(15)24)5-6-19-17/h5-6,10-13H,3-4,7-9H2,1-2H3,(H,19,20)(H,22,25). The number of likely N-dealkylation sites (N-methyl/N-ethyl adjacent to an activating group) is 1. The van der Waals surface area contributed by atoms with Gasteiger partial charge in [-0.1, -0.05) is 0 Å². The summed E-state index contributed by atoms with van der Waals surface area (Å²) in [5, 5.41) is 4.23. The molecule has 2 unspecified atom stereocenters. The number of imidazole rings is 1. The summed E-state index contributed by atoms with van der Waals surface area (Å²) < 4.78 is 7.27. The Hall–Kier alpha value is -2.61. The SMILES string of the molecule is COCCN(C)C(=O)NC1CCC(n2cnc3cnc4[nH]ccc4c32)C1. The average Bonchev–Trinajstić information content (AvgIpc) is 3.36. The number of hydrogen-bond donors (Lipinski definition) is 2. The molecule has 8 nitrogen and oxygen atoms in total. The zero-order valence-electron chi connectivity index (χ0n) is 15.1. The van der Waals surface area contributed by atoms with Gasteiger partial charge in [-0.05, 0) is 25.3 Å². The van der Waals surface area contributed by atoms with Crippen molar-refractivity contribution in [2.75, 3.05) is 27.3 Å². The predicted octanol–water partition coefficient (Wildman–Crippen LogP) is 2.29. The number of aromatic nitrogens is 4. The van der Waals surface area contributed by atoms with Gasteiger partial charge in [0.25, 0.3) is 0 Å². The number of hydrogen-bond acceptors (Lipinski definition) is 4. The van der Waals surface area contributed by atoms with E-state index in [4.69, 9.17) is 4.74 Å². The van der Waals surface area contributed by atoms with Gasteiger partial charge in [0.2, 0.25) is 0 Å². The molecule has 3 aromatic heterocycles. The van der Waals surface area contributed by atoms with Gasteiger partial charge in [0.1, 0.15) is 11.2 Å². The number of rotatable bonds is 5. The van der Waals surface area contributed by atoms with Crippen LogP contribution in [0.4, 0.5) is 4.79 Å². The minimum Gasteiger partial charge on any atom is -0.383 e. The molecule has 4 rings (SSSR count). The third-order valence-electron chi connectivity index (χ3n) is 5.22. The van der Waals surface area contributed by atoms with E-state index in [9.17, 15) is 4.79 Å². The van der Waals surface area contributed by atoms with Gasteiger partial charge >= 0.3 is 6.03 Å². The van der Waals surface area contributed by atoms with Crippen LogP contribution in [0, 0.1) is 0 Å². The third kappa shape index (κ3) is 3.01. The van der Waals surface area contributed by atoms with Crippen molar-refractivity contribution < 1.29 is 9.53 Å². The summed E-state index contributed by atoms with van der Waals surface area (Å²) in [6, 6.07) is 2.51. The van der Waals surface area contributed by atoms with E-state index < -0.39 is 0 Å². The highest BCUT2D eigenvalue weighted by atomic mass is 16.5. The zero-order valence-corrected chi connectivity index (χ0v) is 15.1. The summed E-state index contributed by atoms with van der Waals surface area (Å²) in [7, 11) is 3.43. The average molecular weight is 356 g/mol. The van der Waals surface area contributed by atoms with E-state index in [1.165, 1.54) is 0 Å². The molecule has 1 saturated carbocycles. The van der Waals surface area contributed by atoms with Crippen molar-refractivity contribution in [3.8, 4) is 0 Å². The lowest BCUT2D eigenvalue weighted by atomic mass is 10.2. The summed E-state index contributed by atoms with van der Waals surface area (Å²) in [6.45, 7) is 1.13. The number of urea groups is 1. The van der Waals surface area contributed by atoms with Gasteiger partial charge in [-0.2, -0.15) is 0 Å². The molecule has 0 aliphatic heterocycles. The van der Waals surface area contributed by atoms with Gasteiger partial charge in [0.15, 0.2) is 0 Å². The molecule has 138 valence electrons. The molecule has 2 atom stereocenters. The van der Waals surface area contributed by atoms with Crippen molar-refractivity contribution in [2.24, 2.45) is 0 Å². The highest BCUT2D eigenvalue weighted by Gasteiger charge is 2.29.